The van der Waals surface area contributed by atoms with Gasteiger partial charge in [-0.05, 0) is 17.7 Å². The summed E-state index contributed by atoms with van der Waals surface area (Å²) in [5.41, 5.74) is 3.37. The first-order chi connectivity index (χ1) is 9.16. The second kappa shape index (κ2) is 5.87. The van der Waals surface area contributed by atoms with E-state index in [1.165, 1.54) is 30.7 Å². The number of aromatic nitrogens is 2. The number of non-ortho nitro benzene ring substituents is 1. The molecule has 19 heavy (non-hydrogen) atoms. The van der Waals surface area contributed by atoms with Crippen molar-refractivity contribution >= 4 is 29.3 Å². The lowest BCUT2D eigenvalue weighted by Crippen LogP contribution is -1.95. The zero-order chi connectivity index (χ0) is 13.7. The van der Waals surface area contributed by atoms with Crippen LogP contribution in [0.2, 0.25) is 5.15 Å². The number of nitro groups is 1. The smallest absolute Gasteiger partial charge is 0.259 e. The van der Waals surface area contributed by atoms with Crippen LogP contribution in [0.1, 0.15) is 5.56 Å². The van der Waals surface area contributed by atoms with E-state index in [-0.39, 0.29) is 10.8 Å². The minimum atomic E-state index is -0.460. The number of hydrogen-bond acceptors (Lipinski definition) is 6. The third-order valence-electron chi connectivity index (χ3n) is 2.14. The molecule has 0 aliphatic carbocycles. The van der Waals surface area contributed by atoms with Crippen molar-refractivity contribution in [1.82, 2.24) is 9.97 Å². The molecule has 0 amide bonds. The van der Waals surface area contributed by atoms with Crippen LogP contribution in [0.4, 0.5) is 11.5 Å². The molecule has 2 aromatic rings. The molecule has 0 aliphatic rings. The van der Waals surface area contributed by atoms with Crippen LogP contribution in [0.25, 0.3) is 0 Å². The van der Waals surface area contributed by atoms with Crippen LogP contribution in [0.5, 0.6) is 0 Å². The highest BCUT2D eigenvalue weighted by Gasteiger charge is 2.02. The summed E-state index contributed by atoms with van der Waals surface area (Å²) in [7, 11) is 0. The lowest BCUT2D eigenvalue weighted by atomic mass is 10.2. The van der Waals surface area contributed by atoms with Crippen molar-refractivity contribution in [2.24, 2.45) is 5.10 Å². The molecule has 1 aromatic heterocycles. The summed E-state index contributed by atoms with van der Waals surface area (Å²) in [5, 5.41) is 14.6. The van der Waals surface area contributed by atoms with E-state index in [1.54, 1.807) is 12.1 Å². The number of benzene rings is 1. The van der Waals surface area contributed by atoms with E-state index in [2.05, 4.69) is 20.5 Å². The molecule has 8 heteroatoms. The summed E-state index contributed by atoms with van der Waals surface area (Å²) in [6, 6.07) is 5.97. The number of rotatable bonds is 4. The Labute approximate surface area is 113 Å². The van der Waals surface area contributed by atoms with Crippen molar-refractivity contribution in [2.45, 2.75) is 0 Å². The zero-order valence-corrected chi connectivity index (χ0v) is 10.3. The maximum Gasteiger partial charge on any atom is 0.269 e. The van der Waals surface area contributed by atoms with Crippen LogP contribution in [0.3, 0.4) is 0 Å². The normalized spacial score (nSPS) is 10.6. The number of nitrogens with one attached hydrogen (secondary N) is 1. The molecule has 0 spiro atoms. The second-order valence-corrected chi connectivity index (χ2v) is 3.77. The van der Waals surface area contributed by atoms with Crippen molar-refractivity contribution in [1.29, 1.82) is 0 Å². The largest absolute Gasteiger partial charge is 0.269 e. The molecule has 0 saturated heterocycles. The number of anilines is 1. The van der Waals surface area contributed by atoms with E-state index in [0.29, 0.717) is 11.4 Å². The molecule has 0 bridgehead atoms. The van der Waals surface area contributed by atoms with Crippen molar-refractivity contribution in [3.63, 3.8) is 0 Å². The Morgan fingerprint density at radius 1 is 1.26 bits per heavy atom. The standard InChI is InChI=1S/C11H8ClN5O2/c12-10-11(14-6-5-13-10)16-15-7-8-1-3-9(4-2-8)17(18)19/h1-7H,(H,14,16)/b15-7-. The fraction of sp³-hybridized carbons (Fsp3) is 0. The Morgan fingerprint density at radius 2 is 1.95 bits per heavy atom. The summed E-state index contributed by atoms with van der Waals surface area (Å²) < 4.78 is 0. The third-order valence-corrected chi connectivity index (χ3v) is 2.42. The average Bonchev–Trinajstić information content (AvgIpc) is 2.41. The van der Waals surface area contributed by atoms with Gasteiger partial charge in [0.05, 0.1) is 11.1 Å². The van der Waals surface area contributed by atoms with Gasteiger partial charge in [-0.15, -0.1) is 0 Å². The Morgan fingerprint density at radius 3 is 2.58 bits per heavy atom. The number of hydrazone groups is 1. The number of nitro benzene ring substituents is 1. The highest BCUT2D eigenvalue weighted by molar-refractivity contribution is 6.31. The van der Waals surface area contributed by atoms with Crippen LogP contribution < -0.4 is 5.43 Å². The first-order valence-corrected chi connectivity index (χ1v) is 5.54. The van der Waals surface area contributed by atoms with Crippen LogP contribution in [-0.2, 0) is 0 Å². The molecule has 0 saturated carbocycles. The van der Waals surface area contributed by atoms with Crippen molar-refractivity contribution < 1.29 is 4.92 Å². The van der Waals surface area contributed by atoms with Crippen LogP contribution in [0, 0.1) is 10.1 Å². The van der Waals surface area contributed by atoms with Crippen LogP contribution >= 0.6 is 11.6 Å². The van der Waals surface area contributed by atoms with E-state index in [9.17, 15) is 10.1 Å². The molecule has 0 unspecified atom stereocenters. The van der Waals surface area contributed by atoms with Gasteiger partial charge in [-0.2, -0.15) is 5.10 Å². The van der Waals surface area contributed by atoms with E-state index in [1.807, 2.05) is 0 Å². The highest BCUT2D eigenvalue weighted by atomic mass is 35.5. The maximum absolute atomic E-state index is 10.5. The van der Waals surface area contributed by atoms with Gasteiger partial charge in [0, 0.05) is 24.5 Å². The van der Waals surface area contributed by atoms with Gasteiger partial charge in [-0.25, -0.2) is 9.97 Å². The van der Waals surface area contributed by atoms with E-state index in [4.69, 9.17) is 11.6 Å². The van der Waals surface area contributed by atoms with Gasteiger partial charge in [0.15, 0.2) is 11.0 Å². The van der Waals surface area contributed by atoms with Gasteiger partial charge < -0.3 is 0 Å². The van der Waals surface area contributed by atoms with Crippen molar-refractivity contribution in [2.75, 3.05) is 5.43 Å². The Kier molecular flexibility index (Phi) is 3.99. The molecule has 7 nitrogen and oxygen atoms in total. The topological polar surface area (TPSA) is 93.3 Å². The molecular formula is C11H8ClN5O2. The number of halogens is 1. The molecule has 1 aromatic carbocycles. The molecule has 0 fully saturated rings. The number of nitrogens with zero attached hydrogens (tertiary/aromatic N) is 4. The third kappa shape index (κ3) is 3.46. The molecule has 0 radical (unpaired) electrons. The van der Waals surface area contributed by atoms with E-state index >= 15 is 0 Å². The molecule has 1 heterocycles. The first-order valence-electron chi connectivity index (χ1n) is 5.17. The summed E-state index contributed by atoms with van der Waals surface area (Å²) in [6.07, 6.45) is 4.44. The monoisotopic (exact) mass is 277 g/mol. The lowest BCUT2D eigenvalue weighted by Gasteiger charge is -1.99. The van der Waals surface area contributed by atoms with E-state index in [0.717, 1.165) is 0 Å². The number of hydrogen-bond donors (Lipinski definition) is 1. The first kappa shape index (κ1) is 12.9. The molecule has 1 N–H and O–H groups in total. The van der Waals surface area contributed by atoms with Gasteiger partial charge in [0.2, 0.25) is 0 Å². The van der Waals surface area contributed by atoms with Gasteiger partial charge >= 0.3 is 0 Å². The average molecular weight is 278 g/mol. The molecule has 0 aliphatic heterocycles. The SMILES string of the molecule is O=[N+]([O-])c1ccc(/C=N\Nc2nccnc2Cl)cc1. The molecule has 0 atom stereocenters. The highest BCUT2D eigenvalue weighted by Crippen LogP contribution is 2.14. The van der Waals surface area contributed by atoms with Gasteiger partial charge in [-0.3, -0.25) is 15.5 Å². The Hall–Kier alpha value is -2.54. The summed E-state index contributed by atoms with van der Waals surface area (Å²) in [5.74, 6) is 0.335. The Balaban J connectivity index is 2.03. The second-order valence-electron chi connectivity index (χ2n) is 3.41. The van der Waals surface area contributed by atoms with Gasteiger partial charge in [-0.1, -0.05) is 11.6 Å². The zero-order valence-electron chi connectivity index (χ0n) is 9.52. The van der Waals surface area contributed by atoms with Gasteiger partial charge in [0.25, 0.3) is 5.69 Å². The minimum absolute atomic E-state index is 0.0297. The predicted octanol–water partition coefficient (Wildman–Crippen LogP) is 2.48. The quantitative estimate of drug-likeness (QED) is 0.526. The van der Waals surface area contributed by atoms with Crippen molar-refractivity contribution in [3.8, 4) is 0 Å². The molecular weight excluding hydrogens is 270 g/mol. The van der Waals surface area contributed by atoms with Crippen LogP contribution in [-0.4, -0.2) is 21.1 Å². The van der Waals surface area contributed by atoms with Crippen molar-refractivity contribution in [3.05, 3.63) is 57.5 Å². The summed E-state index contributed by atoms with van der Waals surface area (Å²) in [6.45, 7) is 0. The van der Waals surface area contributed by atoms with Crippen LogP contribution in [0.15, 0.2) is 41.8 Å². The lowest BCUT2D eigenvalue weighted by molar-refractivity contribution is -0.384. The molecule has 2 rings (SSSR count). The maximum atomic E-state index is 10.5. The Bertz CT molecular complexity index is 615. The fourth-order valence-corrected chi connectivity index (χ4v) is 1.39. The summed E-state index contributed by atoms with van der Waals surface area (Å²) >= 11 is 5.78. The fourth-order valence-electron chi connectivity index (χ4n) is 1.25. The summed E-state index contributed by atoms with van der Waals surface area (Å²) in [4.78, 5) is 17.8. The predicted molar refractivity (Wildman–Crippen MR) is 71.4 cm³/mol. The van der Waals surface area contributed by atoms with E-state index < -0.39 is 4.92 Å². The molecule has 96 valence electrons. The van der Waals surface area contributed by atoms with Gasteiger partial charge in [0.1, 0.15) is 0 Å². The minimum Gasteiger partial charge on any atom is -0.259 e.